The highest BCUT2D eigenvalue weighted by molar-refractivity contribution is 9.10. The van der Waals surface area contributed by atoms with Gasteiger partial charge in [0.25, 0.3) is 0 Å². The third kappa shape index (κ3) is 5.18. The molecule has 0 aliphatic heterocycles. The molecule has 0 bridgehead atoms. The Morgan fingerprint density at radius 2 is 1.79 bits per heavy atom. The van der Waals surface area contributed by atoms with E-state index in [-0.39, 0.29) is 18.4 Å². The molecule has 4 nitrogen and oxygen atoms in total. The average Bonchev–Trinajstić information content (AvgIpc) is 2.38. The van der Waals surface area contributed by atoms with Gasteiger partial charge in [0, 0.05) is 11.6 Å². The van der Waals surface area contributed by atoms with Crippen LogP contribution in [0.1, 0.15) is 30.9 Å². The summed E-state index contributed by atoms with van der Waals surface area (Å²) in [4.78, 5) is 0. The van der Waals surface area contributed by atoms with Gasteiger partial charge >= 0.3 is 0 Å². The van der Waals surface area contributed by atoms with Crippen molar-refractivity contribution in [1.29, 1.82) is 0 Å². The van der Waals surface area contributed by atoms with Gasteiger partial charge in [-0.05, 0) is 47.4 Å². The molecule has 0 amide bonds. The molecule has 0 spiro atoms. The van der Waals surface area contributed by atoms with Gasteiger partial charge in [-0.1, -0.05) is 6.42 Å². The average molecular weight is 354 g/mol. The van der Waals surface area contributed by atoms with E-state index >= 15 is 0 Å². The zero-order valence-corrected chi connectivity index (χ0v) is 13.7. The molecule has 6 heteroatoms. The second kappa shape index (κ2) is 9.42. The second-order valence-electron chi connectivity index (χ2n) is 4.12. The Hall–Kier alpha value is -0.490. The Kier molecular flexibility index (Phi) is 9.18. The summed E-state index contributed by atoms with van der Waals surface area (Å²) in [5.41, 5.74) is 12.6. The molecule has 1 rings (SSSR count). The number of rotatable bonds is 7. The summed E-state index contributed by atoms with van der Waals surface area (Å²) in [7, 11) is 3.28. The Labute approximate surface area is 129 Å². The predicted octanol–water partition coefficient (Wildman–Crippen LogP) is 3.02. The highest BCUT2D eigenvalue weighted by Gasteiger charge is 2.15. The van der Waals surface area contributed by atoms with Crippen molar-refractivity contribution in [3.63, 3.8) is 0 Å². The molecule has 19 heavy (non-hydrogen) atoms. The summed E-state index contributed by atoms with van der Waals surface area (Å²) < 4.78 is 11.5. The van der Waals surface area contributed by atoms with E-state index in [1.807, 2.05) is 12.1 Å². The lowest BCUT2D eigenvalue weighted by Gasteiger charge is -2.17. The molecular weight excluding hydrogens is 332 g/mol. The van der Waals surface area contributed by atoms with Gasteiger partial charge in [0.05, 0.1) is 18.7 Å². The summed E-state index contributed by atoms with van der Waals surface area (Å²) in [5.74, 6) is 1.54. The Balaban J connectivity index is 0.00000324. The van der Waals surface area contributed by atoms with Gasteiger partial charge in [-0.3, -0.25) is 0 Å². The fourth-order valence-corrected chi connectivity index (χ4v) is 2.32. The van der Waals surface area contributed by atoms with Crippen LogP contribution in [0.4, 0.5) is 0 Å². The van der Waals surface area contributed by atoms with Crippen LogP contribution in [-0.2, 0) is 0 Å². The van der Waals surface area contributed by atoms with Gasteiger partial charge in [-0.2, -0.15) is 0 Å². The van der Waals surface area contributed by atoms with Crippen molar-refractivity contribution in [3.05, 3.63) is 22.2 Å². The summed E-state index contributed by atoms with van der Waals surface area (Å²) in [6.07, 6.45) is 2.89. The van der Waals surface area contributed by atoms with Crippen molar-refractivity contribution in [2.45, 2.75) is 25.3 Å². The van der Waals surface area contributed by atoms with Crippen LogP contribution in [0.5, 0.6) is 11.5 Å². The summed E-state index contributed by atoms with van der Waals surface area (Å²) in [6.45, 7) is 0.702. The Bertz CT molecular complexity index is 391. The smallest absolute Gasteiger partial charge is 0.133 e. The van der Waals surface area contributed by atoms with Gasteiger partial charge in [-0.25, -0.2) is 0 Å². The third-order valence-electron chi connectivity index (χ3n) is 2.87. The zero-order valence-electron chi connectivity index (χ0n) is 11.3. The quantitative estimate of drug-likeness (QED) is 0.739. The molecule has 1 aromatic carbocycles. The number of ether oxygens (including phenoxy) is 2. The van der Waals surface area contributed by atoms with Crippen molar-refractivity contribution in [2.75, 3.05) is 20.8 Å². The van der Waals surface area contributed by atoms with Crippen LogP contribution in [0.15, 0.2) is 16.6 Å². The first-order valence-corrected chi connectivity index (χ1v) is 6.80. The molecule has 4 N–H and O–H groups in total. The van der Waals surface area contributed by atoms with Gasteiger partial charge in [0.15, 0.2) is 0 Å². The largest absolute Gasteiger partial charge is 0.496 e. The van der Waals surface area contributed by atoms with Crippen LogP contribution >= 0.6 is 28.3 Å². The Morgan fingerprint density at radius 3 is 2.32 bits per heavy atom. The first kappa shape index (κ1) is 18.5. The lowest BCUT2D eigenvalue weighted by atomic mass is 10.0. The molecule has 1 atom stereocenters. The van der Waals surface area contributed by atoms with Crippen molar-refractivity contribution in [3.8, 4) is 11.5 Å². The van der Waals surface area contributed by atoms with Gasteiger partial charge in [-0.15, -0.1) is 12.4 Å². The first-order chi connectivity index (χ1) is 8.63. The molecule has 0 radical (unpaired) electrons. The van der Waals surface area contributed by atoms with Crippen LogP contribution < -0.4 is 20.9 Å². The van der Waals surface area contributed by atoms with Crippen LogP contribution in [0, 0.1) is 0 Å². The summed E-state index contributed by atoms with van der Waals surface area (Å²) in [6, 6.07) is 3.75. The van der Waals surface area contributed by atoms with Gasteiger partial charge in [0.1, 0.15) is 11.5 Å². The maximum absolute atomic E-state index is 6.19. The lowest BCUT2D eigenvalue weighted by Crippen LogP contribution is -2.12. The van der Waals surface area contributed by atoms with Crippen LogP contribution in [0.25, 0.3) is 0 Å². The number of halogens is 2. The first-order valence-electron chi connectivity index (χ1n) is 6.01. The van der Waals surface area contributed by atoms with E-state index in [0.29, 0.717) is 6.54 Å². The molecule has 0 aromatic heterocycles. The van der Waals surface area contributed by atoms with Crippen molar-refractivity contribution in [1.82, 2.24) is 0 Å². The lowest BCUT2D eigenvalue weighted by molar-refractivity contribution is 0.391. The highest BCUT2D eigenvalue weighted by Crippen LogP contribution is 2.36. The van der Waals surface area contributed by atoms with E-state index in [2.05, 4.69) is 15.9 Å². The molecule has 0 aliphatic rings. The minimum Gasteiger partial charge on any atom is -0.496 e. The second-order valence-corrected chi connectivity index (χ2v) is 4.97. The van der Waals surface area contributed by atoms with Crippen LogP contribution in [0.2, 0.25) is 0 Å². The molecular formula is C13H22BrClN2O2. The highest BCUT2D eigenvalue weighted by atomic mass is 79.9. The third-order valence-corrected chi connectivity index (χ3v) is 3.49. The topological polar surface area (TPSA) is 70.5 Å². The van der Waals surface area contributed by atoms with E-state index in [4.69, 9.17) is 20.9 Å². The molecule has 0 saturated carbocycles. The van der Waals surface area contributed by atoms with E-state index < -0.39 is 0 Å². The van der Waals surface area contributed by atoms with Crippen molar-refractivity contribution >= 4 is 28.3 Å². The SMILES string of the molecule is COc1cc([C@H](N)CCCCN)c(OC)cc1Br.Cl. The Morgan fingerprint density at radius 1 is 1.16 bits per heavy atom. The predicted molar refractivity (Wildman–Crippen MR) is 84.3 cm³/mol. The molecule has 0 fully saturated rings. The minimum absolute atomic E-state index is 0. The molecule has 0 saturated heterocycles. The van der Waals surface area contributed by atoms with Gasteiger partial charge in [0.2, 0.25) is 0 Å². The number of unbranched alkanes of at least 4 members (excludes halogenated alkanes) is 1. The maximum Gasteiger partial charge on any atom is 0.133 e. The molecule has 0 unspecified atom stereocenters. The fraction of sp³-hybridized carbons (Fsp3) is 0.538. The molecule has 1 aromatic rings. The van der Waals surface area contributed by atoms with E-state index in [9.17, 15) is 0 Å². The molecule has 110 valence electrons. The number of hydrogen-bond donors (Lipinski definition) is 2. The van der Waals surface area contributed by atoms with Crippen molar-refractivity contribution in [2.24, 2.45) is 11.5 Å². The normalized spacial score (nSPS) is 11.6. The van der Waals surface area contributed by atoms with Crippen LogP contribution in [0.3, 0.4) is 0 Å². The van der Waals surface area contributed by atoms with Crippen LogP contribution in [-0.4, -0.2) is 20.8 Å². The number of hydrogen-bond acceptors (Lipinski definition) is 4. The number of methoxy groups -OCH3 is 2. The zero-order chi connectivity index (χ0) is 13.5. The van der Waals surface area contributed by atoms with E-state index in [1.54, 1.807) is 14.2 Å². The molecule has 0 aliphatic carbocycles. The monoisotopic (exact) mass is 352 g/mol. The van der Waals surface area contributed by atoms with Crippen molar-refractivity contribution < 1.29 is 9.47 Å². The van der Waals surface area contributed by atoms with E-state index in [0.717, 1.165) is 40.8 Å². The van der Waals surface area contributed by atoms with E-state index in [1.165, 1.54) is 0 Å². The fourth-order valence-electron chi connectivity index (χ4n) is 1.84. The summed E-state index contributed by atoms with van der Waals surface area (Å²) in [5, 5.41) is 0. The standard InChI is InChI=1S/C13H21BrN2O2.ClH/c1-17-12-8-10(14)13(18-2)7-9(12)11(16)5-3-4-6-15;/h7-8,11H,3-6,15-16H2,1-2H3;1H/t11-;/m1./s1. The molecule has 0 heterocycles. The summed E-state index contributed by atoms with van der Waals surface area (Å²) >= 11 is 3.43. The van der Waals surface area contributed by atoms with Gasteiger partial charge < -0.3 is 20.9 Å². The maximum atomic E-state index is 6.19. The number of nitrogens with two attached hydrogens (primary N) is 2. The minimum atomic E-state index is -0.0616. The number of benzene rings is 1.